The second kappa shape index (κ2) is 8.92. The van der Waals surface area contributed by atoms with Gasteiger partial charge in [0.1, 0.15) is 5.75 Å². The van der Waals surface area contributed by atoms with Crippen LogP contribution in [0.15, 0.2) is 48.5 Å². The first-order chi connectivity index (χ1) is 13.7. The summed E-state index contributed by atoms with van der Waals surface area (Å²) >= 11 is 3.82. The maximum atomic E-state index is 12.4. The number of nitrogens with zero attached hydrogens (tertiary/aromatic N) is 1. The summed E-state index contributed by atoms with van der Waals surface area (Å²) < 4.78 is 6.20. The Morgan fingerprint density at radius 2 is 1.96 bits per heavy atom. The number of hydrogen-bond acceptors (Lipinski definition) is 5. The number of benzene rings is 2. The second-order valence-electron chi connectivity index (χ2n) is 6.65. The summed E-state index contributed by atoms with van der Waals surface area (Å²) in [5.41, 5.74) is 2.63. The predicted molar refractivity (Wildman–Crippen MR) is 116 cm³/mol. The summed E-state index contributed by atoms with van der Waals surface area (Å²) in [6, 6.07) is 15.3. The molecule has 0 radical (unpaired) electrons. The number of ether oxygens (including phenoxy) is 1. The van der Waals surface area contributed by atoms with Crippen LogP contribution in [0.25, 0.3) is 0 Å². The van der Waals surface area contributed by atoms with Crippen molar-refractivity contribution in [3.8, 4) is 5.75 Å². The van der Waals surface area contributed by atoms with E-state index in [1.54, 1.807) is 4.90 Å². The van der Waals surface area contributed by atoms with Crippen LogP contribution in [0.2, 0.25) is 0 Å². The highest BCUT2D eigenvalue weighted by Gasteiger charge is 2.23. The molecule has 2 aliphatic rings. The van der Waals surface area contributed by atoms with Crippen LogP contribution in [0.1, 0.15) is 23.0 Å². The summed E-state index contributed by atoms with van der Waals surface area (Å²) in [7, 11) is 0. The molecule has 5 nitrogen and oxygen atoms in total. The molecule has 2 aromatic rings. The highest BCUT2D eigenvalue weighted by molar-refractivity contribution is 8.19. The molecule has 2 aromatic carbocycles. The van der Waals surface area contributed by atoms with Gasteiger partial charge in [-0.25, -0.2) is 0 Å². The Kier molecular flexibility index (Phi) is 6.12. The number of thioether (sulfide) groups is 2. The van der Waals surface area contributed by atoms with Gasteiger partial charge in [-0.3, -0.25) is 9.59 Å². The van der Waals surface area contributed by atoms with Crippen LogP contribution in [0.4, 0.5) is 11.4 Å². The smallest absolute Gasteiger partial charge is 0.262 e. The Balaban J connectivity index is 1.37. The van der Waals surface area contributed by atoms with Gasteiger partial charge in [0, 0.05) is 41.4 Å². The van der Waals surface area contributed by atoms with Crippen LogP contribution in [0, 0.1) is 0 Å². The zero-order chi connectivity index (χ0) is 19.3. The number of carbonyl (C=O) groups is 2. The Morgan fingerprint density at radius 3 is 2.75 bits per heavy atom. The summed E-state index contributed by atoms with van der Waals surface area (Å²) in [4.78, 5) is 26.1. The molecule has 2 heterocycles. The highest BCUT2D eigenvalue weighted by atomic mass is 32.2. The van der Waals surface area contributed by atoms with E-state index in [4.69, 9.17) is 4.74 Å². The summed E-state index contributed by atoms with van der Waals surface area (Å²) in [5.74, 6) is 2.96. The quantitative estimate of drug-likeness (QED) is 0.763. The largest absolute Gasteiger partial charge is 0.483 e. The zero-order valence-corrected chi connectivity index (χ0v) is 17.1. The Hall–Kier alpha value is -2.12. The van der Waals surface area contributed by atoms with E-state index in [0.717, 1.165) is 41.5 Å². The molecule has 0 aromatic heterocycles. The number of hydrogen-bond donors (Lipinski definition) is 1. The van der Waals surface area contributed by atoms with Crippen LogP contribution in [-0.2, 0) is 9.59 Å². The zero-order valence-electron chi connectivity index (χ0n) is 15.4. The van der Waals surface area contributed by atoms with E-state index < -0.39 is 0 Å². The van der Waals surface area contributed by atoms with Gasteiger partial charge in [-0.1, -0.05) is 24.3 Å². The summed E-state index contributed by atoms with van der Waals surface area (Å²) in [6.07, 6.45) is 1.46. The first-order valence-corrected chi connectivity index (χ1v) is 11.5. The maximum Gasteiger partial charge on any atom is 0.262 e. The van der Waals surface area contributed by atoms with Crippen LogP contribution >= 0.6 is 23.5 Å². The fourth-order valence-electron chi connectivity index (χ4n) is 3.36. The Bertz CT molecular complexity index is 868. The lowest BCUT2D eigenvalue weighted by Crippen LogP contribution is -2.24. The van der Waals surface area contributed by atoms with Gasteiger partial charge in [-0.2, -0.15) is 0 Å². The molecule has 2 saturated heterocycles. The number of nitrogens with one attached hydrogen (secondary N) is 1. The number of para-hydroxylation sites is 1. The van der Waals surface area contributed by atoms with Crippen molar-refractivity contribution in [2.24, 2.45) is 0 Å². The van der Waals surface area contributed by atoms with Crippen molar-refractivity contribution in [2.75, 3.05) is 34.9 Å². The van der Waals surface area contributed by atoms with Crippen molar-refractivity contribution in [1.82, 2.24) is 0 Å². The van der Waals surface area contributed by atoms with Crippen LogP contribution in [0.5, 0.6) is 5.75 Å². The van der Waals surface area contributed by atoms with Crippen LogP contribution in [0.3, 0.4) is 0 Å². The second-order valence-corrected chi connectivity index (χ2v) is 9.37. The Morgan fingerprint density at radius 1 is 1.14 bits per heavy atom. The van der Waals surface area contributed by atoms with E-state index in [1.165, 1.54) is 0 Å². The van der Waals surface area contributed by atoms with Crippen LogP contribution < -0.4 is 15.0 Å². The molecular weight excluding hydrogens is 392 g/mol. The monoisotopic (exact) mass is 414 g/mol. The lowest BCUT2D eigenvalue weighted by molar-refractivity contribution is -0.118. The lowest BCUT2D eigenvalue weighted by Gasteiger charge is -2.17. The molecule has 0 atom stereocenters. The molecule has 2 amide bonds. The van der Waals surface area contributed by atoms with E-state index >= 15 is 0 Å². The minimum atomic E-state index is -0.216. The highest BCUT2D eigenvalue weighted by Crippen LogP contribution is 2.48. The van der Waals surface area contributed by atoms with Gasteiger partial charge in [0.2, 0.25) is 5.91 Å². The molecular formula is C21H22N2O3S2. The SMILES string of the molecule is O=C(COc1ccccc1C1SCCS1)Nc1cccc(N2CCCC2=O)c1. The minimum absolute atomic E-state index is 0.0497. The molecule has 2 aliphatic heterocycles. The molecule has 7 heteroatoms. The molecule has 146 valence electrons. The molecule has 0 bridgehead atoms. The van der Waals surface area contributed by atoms with Crippen molar-refractivity contribution in [3.63, 3.8) is 0 Å². The first-order valence-electron chi connectivity index (χ1n) is 9.36. The topological polar surface area (TPSA) is 58.6 Å². The van der Waals surface area contributed by atoms with Crippen molar-refractivity contribution >= 4 is 46.7 Å². The van der Waals surface area contributed by atoms with Crippen molar-refractivity contribution in [2.45, 2.75) is 17.4 Å². The van der Waals surface area contributed by atoms with Crippen molar-refractivity contribution < 1.29 is 14.3 Å². The summed E-state index contributed by atoms with van der Waals surface area (Å²) in [6.45, 7) is 0.680. The third kappa shape index (κ3) is 4.47. The van der Waals surface area contributed by atoms with Crippen LogP contribution in [-0.4, -0.2) is 36.5 Å². The number of carbonyl (C=O) groups excluding carboxylic acids is 2. The van der Waals surface area contributed by atoms with E-state index in [0.29, 0.717) is 16.7 Å². The molecule has 28 heavy (non-hydrogen) atoms. The van der Waals surface area contributed by atoms with Gasteiger partial charge in [-0.15, -0.1) is 23.5 Å². The fourth-order valence-corrected chi connectivity index (χ4v) is 6.27. The van der Waals surface area contributed by atoms with E-state index in [2.05, 4.69) is 11.4 Å². The molecule has 1 N–H and O–H groups in total. The minimum Gasteiger partial charge on any atom is -0.483 e. The fraction of sp³-hybridized carbons (Fsp3) is 0.333. The Labute approximate surface area is 173 Å². The average molecular weight is 415 g/mol. The first kappa shape index (κ1) is 19.2. The van der Waals surface area contributed by atoms with Crippen molar-refractivity contribution in [3.05, 3.63) is 54.1 Å². The molecule has 0 aliphatic carbocycles. The third-order valence-corrected chi connectivity index (χ3v) is 7.74. The molecule has 0 spiro atoms. The molecule has 0 unspecified atom stereocenters. The van der Waals surface area contributed by atoms with Gasteiger partial charge in [-0.05, 0) is 30.7 Å². The standard InChI is InChI=1S/C21H22N2O3S2/c24-19(14-26-18-8-2-1-7-17(18)21-27-11-12-28-21)22-15-5-3-6-16(13-15)23-10-4-9-20(23)25/h1-3,5-8,13,21H,4,9-12,14H2,(H,22,24). The van der Waals surface area contributed by atoms with Gasteiger partial charge >= 0.3 is 0 Å². The average Bonchev–Trinajstić information content (AvgIpc) is 3.39. The molecule has 0 saturated carbocycles. The lowest BCUT2D eigenvalue weighted by atomic mass is 10.2. The molecule has 2 fully saturated rings. The van der Waals surface area contributed by atoms with Gasteiger partial charge in [0.15, 0.2) is 6.61 Å². The predicted octanol–water partition coefficient (Wildman–Crippen LogP) is 4.31. The van der Waals surface area contributed by atoms with Gasteiger partial charge < -0.3 is 15.0 Å². The van der Waals surface area contributed by atoms with E-state index in [1.807, 2.05) is 66.0 Å². The maximum absolute atomic E-state index is 12.4. The van der Waals surface area contributed by atoms with Crippen molar-refractivity contribution in [1.29, 1.82) is 0 Å². The molecule has 4 rings (SSSR count). The van der Waals surface area contributed by atoms with Gasteiger partial charge in [0.05, 0.1) is 4.58 Å². The van der Waals surface area contributed by atoms with E-state index in [9.17, 15) is 9.59 Å². The third-order valence-electron chi connectivity index (χ3n) is 4.67. The van der Waals surface area contributed by atoms with E-state index in [-0.39, 0.29) is 18.4 Å². The number of amides is 2. The normalized spacial score (nSPS) is 17.1. The van der Waals surface area contributed by atoms with Gasteiger partial charge in [0.25, 0.3) is 5.91 Å². The summed E-state index contributed by atoms with van der Waals surface area (Å²) in [5, 5.41) is 2.87. The number of rotatable bonds is 6. The number of anilines is 2.